The molecule has 2 atom stereocenters. The Labute approximate surface area is 155 Å². The van der Waals surface area contributed by atoms with Gasteiger partial charge in [0.2, 0.25) is 0 Å². The van der Waals surface area contributed by atoms with Gasteiger partial charge in [-0.3, -0.25) is 0 Å². The van der Waals surface area contributed by atoms with E-state index in [9.17, 15) is 0 Å². The molecule has 2 unspecified atom stereocenters. The Hall–Kier alpha value is 0. The van der Waals surface area contributed by atoms with E-state index in [-0.39, 0.29) is 0 Å². The Kier molecular flexibility index (Phi) is 8.13. The van der Waals surface area contributed by atoms with Crippen molar-refractivity contribution in [3.8, 4) is 0 Å². The van der Waals surface area contributed by atoms with Crippen molar-refractivity contribution in [2.45, 2.75) is 116 Å². The Morgan fingerprint density at radius 1 is 0.500 bits per heavy atom. The van der Waals surface area contributed by atoms with Crippen molar-refractivity contribution in [2.24, 2.45) is 39.4 Å². The fourth-order valence-corrected chi connectivity index (χ4v) is 5.51. The van der Waals surface area contributed by atoms with Crippen molar-refractivity contribution in [1.29, 1.82) is 0 Å². The fraction of sp³-hybridized carbons (Fsp3) is 1.00. The van der Waals surface area contributed by atoms with Crippen LogP contribution in [0.5, 0.6) is 0 Å². The summed E-state index contributed by atoms with van der Waals surface area (Å²) in [5.74, 6) is 2.30. The molecule has 0 aromatic rings. The van der Waals surface area contributed by atoms with E-state index in [1.165, 1.54) is 25.7 Å². The smallest absolute Gasteiger partial charge is 0.0221 e. The zero-order valence-electron chi connectivity index (χ0n) is 19.6. The first-order valence-corrected chi connectivity index (χ1v) is 10.4. The minimum absolute atomic E-state index is 0.347. The maximum absolute atomic E-state index is 2.49. The van der Waals surface area contributed by atoms with E-state index in [4.69, 9.17) is 0 Å². The maximum atomic E-state index is 2.49. The predicted molar refractivity (Wildman–Crippen MR) is 112 cm³/mol. The summed E-state index contributed by atoms with van der Waals surface area (Å²) in [5, 5.41) is 0. The molecule has 0 aliphatic carbocycles. The summed E-state index contributed by atoms with van der Waals surface area (Å²) in [6.07, 6.45) is 5.37. The lowest BCUT2D eigenvalue weighted by molar-refractivity contribution is -0.0253. The highest BCUT2D eigenvalue weighted by Crippen LogP contribution is 2.55. The standard InChI is InChI=1S/C24H50/c1-18(2)24(23(11,12)13,16-19(3)14-21(5,6)7)17-20(4)15-22(8,9)10/h18-20H,14-17H2,1-13H3. The molecule has 0 amide bonds. The van der Waals surface area contributed by atoms with Gasteiger partial charge in [-0.25, -0.2) is 0 Å². The van der Waals surface area contributed by atoms with E-state index < -0.39 is 0 Å². The highest BCUT2D eigenvalue weighted by molar-refractivity contribution is 4.95. The van der Waals surface area contributed by atoms with Crippen LogP contribution < -0.4 is 0 Å². The third-order valence-electron chi connectivity index (χ3n) is 5.95. The molecule has 0 aliphatic rings. The lowest BCUT2D eigenvalue weighted by Gasteiger charge is -2.52. The summed E-state index contributed by atoms with van der Waals surface area (Å²) in [6, 6.07) is 0. The Morgan fingerprint density at radius 2 is 0.792 bits per heavy atom. The van der Waals surface area contributed by atoms with Gasteiger partial charge in [0.25, 0.3) is 0 Å². The van der Waals surface area contributed by atoms with Gasteiger partial charge in [0.1, 0.15) is 0 Å². The molecule has 0 aliphatic heterocycles. The molecular formula is C24H50. The van der Waals surface area contributed by atoms with Gasteiger partial charge in [0.15, 0.2) is 0 Å². The third kappa shape index (κ3) is 7.92. The summed E-state index contributed by atoms with van der Waals surface area (Å²) in [4.78, 5) is 0. The number of rotatable bonds is 7. The average molecular weight is 339 g/mol. The summed E-state index contributed by atoms with van der Waals surface area (Å²) < 4.78 is 0. The van der Waals surface area contributed by atoms with Crippen molar-refractivity contribution in [2.75, 3.05) is 0 Å². The van der Waals surface area contributed by atoms with Crippen LogP contribution in [0.15, 0.2) is 0 Å². The van der Waals surface area contributed by atoms with Gasteiger partial charge in [-0.15, -0.1) is 0 Å². The van der Waals surface area contributed by atoms with Gasteiger partial charge in [0, 0.05) is 0 Å². The molecule has 0 aromatic carbocycles. The Balaban J connectivity index is 5.51. The molecule has 0 N–H and O–H groups in total. The molecule has 24 heavy (non-hydrogen) atoms. The quantitative estimate of drug-likeness (QED) is 0.436. The van der Waals surface area contributed by atoms with Gasteiger partial charge in [0.05, 0.1) is 0 Å². The summed E-state index contributed by atoms with van der Waals surface area (Å²) in [6.45, 7) is 31.7. The number of hydrogen-bond donors (Lipinski definition) is 0. The zero-order valence-corrected chi connectivity index (χ0v) is 19.6. The molecule has 0 bridgehead atoms. The monoisotopic (exact) mass is 338 g/mol. The van der Waals surface area contributed by atoms with E-state index >= 15 is 0 Å². The lowest BCUT2D eigenvalue weighted by Crippen LogP contribution is -2.43. The largest absolute Gasteiger partial charge is 0.0625 e. The lowest BCUT2D eigenvalue weighted by atomic mass is 9.53. The SMILES string of the molecule is CC(CC(C)(C)C)CC(CC(C)CC(C)(C)C)(C(C)C)C(C)(C)C. The highest BCUT2D eigenvalue weighted by atomic mass is 14.5. The van der Waals surface area contributed by atoms with Gasteiger partial charge < -0.3 is 0 Å². The third-order valence-corrected chi connectivity index (χ3v) is 5.95. The molecule has 146 valence electrons. The van der Waals surface area contributed by atoms with Crippen LogP contribution in [0.25, 0.3) is 0 Å². The second kappa shape index (κ2) is 8.13. The van der Waals surface area contributed by atoms with E-state index in [1.807, 2.05) is 0 Å². The van der Waals surface area contributed by atoms with Gasteiger partial charge in [-0.1, -0.05) is 90.0 Å². The molecule has 0 saturated carbocycles. The van der Waals surface area contributed by atoms with Gasteiger partial charge in [-0.05, 0) is 65.1 Å². The normalized spacial score (nSPS) is 19.2. The minimum Gasteiger partial charge on any atom is -0.0625 e. The molecule has 0 radical (unpaired) electrons. The molecule has 0 heterocycles. The summed E-state index contributed by atoms with van der Waals surface area (Å²) in [7, 11) is 0. The maximum Gasteiger partial charge on any atom is -0.0221 e. The van der Waals surface area contributed by atoms with Crippen LogP contribution in [-0.4, -0.2) is 0 Å². The van der Waals surface area contributed by atoms with Crippen LogP contribution in [0.4, 0.5) is 0 Å². The van der Waals surface area contributed by atoms with Crippen LogP contribution in [0.2, 0.25) is 0 Å². The summed E-state index contributed by atoms with van der Waals surface area (Å²) >= 11 is 0. The Morgan fingerprint density at radius 3 is 0.958 bits per heavy atom. The van der Waals surface area contributed by atoms with E-state index in [0.29, 0.717) is 21.7 Å². The molecule has 0 saturated heterocycles. The molecule has 0 spiro atoms. The second-order valence-electron chi connectivity index (χ2n) is 12.7. The predicted octanol–water partition coefficient (Wildman–Crippen LogP) is 8.60. The second-order valence-corrected chi connectivity index (χ2v) is 12.7. The molecule has 0 nitrogen and oxygen atoms in total. The van der Waals surface area contributed by atoms with Crippen LogP contribution in [-0.2, 0) is 0 Å². The highest BCUT2D eigenvalue weighted by Gasteiger charge is 2.46. The Bertz CT molecular complexity index is 329. The summed E-state index contributed by atoms with van der Waals surface area (Å²) in [5.41, 5.74) is 1.62. The van der Waals surface area contributed by atoms with E-state index in [0.717, 1.165) is 17.8 Å². The minimum atomic E-state index is 0.347. The first-order valence-electron chi connectivity index (χ1n) is 10.4. The van der Waals surface area contributed by atoms with Crippen molar-refractivity contribution in [3.63, 3.8) is 0 Å². The molecule has 0 fully saturated rings. The average Bonchev–Trinajstić information content (AvgIpc) is 2.19. The van der Waals surface area contributed by atoms with Crippen LogP contribution in [0.1, 0.15) is 116 Å². The van der Waals surface area contributed by atoms with Crippen molar-refractivity contribution >= 4 is 0 Å². The van der Waals surface area contributed by atoms with Crippen molar-refractivity contribution in [3.05, 3.63) is 0 Å². The van der Waals surface area contributed by atoms with Crippen LogP contribution >= 0.6 is 0 Å². The molecule has 0 aromatic heterocycles. The topological polar surface area (TPSA) is 0 Å². The first kappa shape index (κ1) is 24.0. The molecular weight excluding hydrogens is 288 g/mol. The zero-order chi connectivity index (χ0) is 19.6. The first-order chi connectivity index (χ1) is 10.4. The van der Waals surface area contributed by atoms with Gasteiger partial charge in [-0.2, -0.15) is 0 Å². The number of hydrogen-bond acceptors (Lipinski definition) is 0. The van der Waals surface area contributed by atoms with Crippen molar-refractivity contribution < 1.29 is 0 Å². The van der Waals surface area contributed by atoms with E-state index in [1.54, 1.807) is 0 Å². The molecule has 0 heteroatoms. The van der Waals surface area contributed by atoms with E-state index in [2.05, 4.69) is 90.0 Å². The molecule has 0 rings (SSSR count). The van der Waals surface area contributed by atoms with Crippen molar-refractivity contribution in [1.82, 2.24) is 0 Å². The van der Waals surface area contributed by atoms with Gasteiger partial charge >= 0.3 is 0 Å². The van der Waals surface area contributed by atoms with Crippen LogP contribution in [0.3, 0.4) is 0 Å². The fourth-order valence-electron chi connectivity index (χ4n) is 5.51. The van der Waals surface area contributed by atoms with Crippen LogP contribution in [0, 0.1) is 39.4 Å².